The van der Waals surface area contributed by atoms with Crippen LogP contribution in [0.2, 0.25) is 0 Å². The maximum atomic E-state index is 12.2. The predicted molar refractivity (Wildman–Crippen MR) is 96.9 cm³/mol. The Bertz CT molecular complexity index is 796. The number of ether oxygens (including phenoxy) is 3. The molecule has 0 saturated heterocycles. The fourth-order valence-electron chi connectivity index (χ4n) is 2.22. The smallest absolute Gasteiger partial charge is 0.283 e. The molecule has 2 unspecified atom stereocenters. The number of hydrazine groups is 1. The van der Waals surface area contributed by atoms with E-state index in [1.807, 2.05) is 6.07 Å². The summed E-state index contributed by atoms with van der Waals surface area (Å²) in [4.78, 5) is 24.2. The first-order chi connectivity index (χ1) is 12.5. The highest BCUT2D eigenvalue weighted by Crippen LogP contribution is 2.30. The van der Waals surface area contributed by atoms with Crippen LogP contribution in [0.15, 0.2) is 53.0 Å². The third-order valence-electron chi connectivity index (χ3n) is 3.61. The molecule has 2 aromatic carbocycles. The van der Waals surface area contributed by atoms with Gasteiger partial charge in [0, 0.05) is 4.47 Å². The average Bonchev–Trinajstić information content (AvgIpc) is 2.67. The fourth-order valence-corrected chi connectivity index (χ4v) is 2.49. The van der Waals surface area contributed by atoms with E-state index < -0.39 is 24.0 Å². The highest BCUT2D eigenvalue weighted by atomic mass is 79.9. The van der Waals surface area contributed by atoms with Crippen molar-refractivity contribution in [2.75, 3.05) is 6.61 Å². The highest BCUT2D eigenvalue weighted by molar-refractivity contribution is 9.10. The predicted octanol–water partition coefficient (Wildman–Crippen LogP) is 2.20. The normalized spacial score (nSPS) is 16.3. The second-order valence-corrected chi connectivity index (χ2v) is 6.47. The lowest BCUT2D eigenvalue weighted by atomic mass is 10.2. The van der Waals surface area contributed by atoms with E-state index in [-0.39, 0.29) is 6.61 Å². The molecule has 2 amide bonds. The second-order valence-electron chi connectivity index (χ2n) is 5.56. The molecule has 1 aliphatic heterocycles. The van der Waals surface area contributed by atoms with Crippen LogP contribution in [0.1, 0.15) is 6.92 Å². The molecule has 2 aromatic rings. The van der Waals surface area contributed by atoms with Crippen LogP contribution in [0.3, 0.4) is 0 Å². The number of halogens is 1. The molecule has 26 heavy (non-hydrogen) atoms. The molecule has 0 aromatic heterocycles. The van der Waals surface area contributed by atoms with E-state index in [1.165, 1.54) is 0 Å². The molecule has 0 saturated carbocycles. The maximum absolute atomic E-state index is 12.2. The Balaban J connectivity index is 1.48. The number of carbonyl (C=O) groups excluding carboxylic acids is 2. The van der Waals surface area contributed by atoms with Crippen LogP contribution in [0, 0.1) is 0 Å². The molecular weight excluding hydrogens is 404 g/mol. The maximum Gasteiger partial charge on any atom is 0.283 e. The molecule has 1 heterocycles. The van der Waals surface area contributed by atoms with Gasteiger partial charge in [-0.2, -0.15) is 0 Å². The van der Waals surface area contributed by atoms with Crippen LogP contribution < -0.4 is 25.1 Å². The first kappa shape index (κ1) is 18.1. The Hall–Kier alpha value is -2.74. The van der Waals surface area contributed by atoms with Crippen LogP contribution in [-0.4, -0.2) is 30.6 Å². The molecule has 1 aliphatic rings. The summed E-state index contributed by atoms with van der Waals surface area (Å²) in [5.74, 6) is 0.610. The minimum Gasteiger partial charge on any atom is -0.485 e. The van der Waals surface area contributed by atoms with Crippen LogP contribution in [0.25, 0.3) is 0 Å². The van der Waals surface area contributed by atoms with E-state index in [0.717, 1.165) is 4.47 Å². The van der Waals surface area contributed by atoms with Crippen molar-refractivity contribution in [1.82, 2.24) is 10.9 Å². The molecule has 0 spiro atoms. The van der Waals surface area contributed by atoms with Gasteiger partial charge < -0.3 is 14.2 Å². The number of hydrogen-bond acceptors (Lipinski definition) is 5. The van der Waals surface area contributed by atoms with Gasteiger partial charge in [0.25, 0.3) is 11.8 Å². The zero-order valence-corrected chi connectivity index (χ0v) is 15.5. The van der Waals surface area contributed by atoms with Gasteiger partial charge in [-0.05, 0) is 43.3 Å². The van der Waals surface area contributed by atoms with Crippen LogP contribution >= 0.6 is 15.9 Å². The largest absolute Gasteiger partial charge is 0.485 e. The van der Waals surface area contributed by atoms with Crippen molar-refractivity contribution < 1.29 is 23.8 Å². The van der Waals surface area contributed by atoms with E-state index in [4.69, 9.17) is 14.2 Å². The van der Waals surface area contributed by atoms with Gasteiger partial charge in [0.15, 0.2) is 17.6 Å². The third-order valence-corrected chi connectivity index (χ3v) is 4.13. The van der Waals surface area contributed by atoms with Gasteiger partial charge in [-0.3, -0.25) is 20.4 Å². The summed E-state index contributed by atoms with van der Waals surface area (Å²) < 4.78 is 17.5. The number of hydrogen-bond donors (Lipinski definition) is 2. The molecule has 0 bridgehead atoms. The van der Waals surface area contributed by atoms with E-state index in [2.05, 4.69) is 26.8 Å². The molecule has 2 atom stereocenters. The number of rotatable bonds is 4. The molecule has 3 rings (SSSR count). The van der Waals surface area contributed by atoms with E-state index in [9.17, 15) is 9.59 Å². The standard InChI is InChI=1S/C18H17BrN2O5/c1-11(25-13-8-6-12(19)7-9-13)17(22)20-21-18(23)16-10-24-14-4-2-3-5-15(14)26-16/h2-9,11,16H,10H2,1H3,(H,20,22)(H,21,23). The molecule has 136 valence electrons. The Labute approximate surface area is 158 Å². The topological polar surface area (TPSA) is 85.9 Å². The van der Waals surface area contributed by atoms with Gasteiger partial charge in [0.05, 0.1) is 0 Å². The van der Waals surface area contributed by atoms with Crippen molar-refractivity contribution in [2.45, 2.75) is 19.1 Å². The Kier molecular flexibility index (Phi) is 5.62. The van der Waals surface area contributed by atoms with E-state index in [0.29, 0.717) is 17.2 Å². The van der Waals surface area contributed by atoms with Crippen molar-refractivity contribution in [3.05, 3.63) is 53.0 Å². The van der Waals surface area contributed by atoms with Crippen LogP contribution in [-0.2, 0) is 9.59 Å². The quantitative estimate of drug-likeness (QED) is 0.740. The summed E-state index contributed by atoms with van der Waals surface area (Å²) in [5.41, 5.74) is 4.65. The Morgan fingerprint density at radius 3 is 2.54 bits per heavy atom. The van der Waals surface area contributed by atoms with Crippen molar-refractivity contribution in [1.29, 1.82) is 0 Å². The number of amides is 2. The lowest BCUT2D eigenvalue weighted by Crippen LogP contribution is -2.53. The molecule has 8 heteroatoms. The number of para-hydroxylation sites is 2. The van der Waals surface area contributed by atoms with Gasteiger partial charge in [-0.1, -0.05) is 28.1 Å². The van der Waals surface area contributed by atoms with E-state index in [1.54, 1.807) is 49.4 Å². The van der Waals surface area contributed by atoms with E-state index >= 15 is 0 Å². The minimum absolute atomic E-state index is 0.0592. The summed E-state index contributed by atoms with van der Waals surface area (Å²) in [6.45, 7) is 1.64. The summed E-state index contributed by atoms with van der Waals surface area (Å²) in [7, 11) is 0. The van der Waals surface area contributed by atoms with Crippen molar-refractivity contribution in [2.24, 2.45) is 0 Å². The van der Waals surface area contributed by atoms with Gasteiger partial charge in [0.1, 0.15) is 12.4 Å². The van der Waals surface area contributed by atoms with Crippen molar-refractivity contribution in [3.8, 4) is 17.2 Å². The Morgan fingerprint density at radius 1 is 1.12 bits per heavy atom. The Morgan fingerprint density at radius 2 is 1.81 bits per heavy atom. The van der Waals surface area contributed by atoms with Gasteiger partial charge in [-0.25, -0.2) is 0 Å². The average molecular weight is 421 g/mol. The number of carbonyl (C=O) groups is 2. The summed E-state index contributed by atoms with van der Waals surface area (Å²) in [6.07, 6.45) is -1.64. The monoisotopic (exact) mass is 420 g/mol. The highest BCUT2D eigenvalue weighted by Gasteiger charge is 2.28. The lowest BCUT2D eigenvalue weighted by molar-refractivity contribution is -0.137. The number of benzene rings is 2. The summed E-state index contributed by atoms with van der Waals surface area (Å²) in [6, 6.07) is 14.1. The van der Waals surface area contributed by atoms with Gasteiger partial charge >= 0.3 is 0 Å². The second kappa shape index (κ2) is 8.09. The first-order valence-electron chi connectivity index (χ1n) is 7.93. The summed E-state index contributed by atoms with van der Waals surface area (Å²) in [5, 5.41) is 0. The third kappa shape index (κ3) is 4.45. The van der Waals surface area contributed by atoms with Gasteiger partial charge in [0.2, 0.25) is 6.10 Å². The van der Waals surface area contributed by atoms with Crippen molar-refractivity contribution in [3.63, 3.8) is 0 Å². The lowest BCUT2D eigenvalue weighted by Gasteiger charge is -2.25. The molecule has 0 radical (unpaired) electrons. The zero-order valence-electron chi connectivity index (χ0n) is 13.9. The molecule has 7 nitrogen and oxygen atoms in total. The number of fused-ring (bicyclic) bond motifs is 1. The summed E-state index contributed by atoms with van der Waals surface area (Å²) >= 11 is 3.32. The minimum atomic E-state index is -0.854. The van der Waals surface area contributed by atoms with Gasteiger partial charge in [-0.15, -0.1) is 0 Å². The van der Waals surface area contributed by atoms with Crippen molar-refractivity contribution >= 4 is 27.7 Å². The molecule has 0 aliphatic carbocycles. The molecular formula is C18H17BrN2O5. The number of nitrogens with one attached hydrogen (secondary N) is 2. The fraction of sp³-hybridized carbons (Fsp3) is 0.222. The SMILES string of the molecule is CC(Oc1ccc(Br)cc1)C(=O)NNC(=O)C1COc2ccccc2O1. The zero-order chi connectivity index (χ0) is 18.5. The van der Waals surface area contributed by atoms with Crippen LogP contribution in [0.4, 0.5) is 0 Å². The first-order valence-corrected chi connectivity index (χ1v) is 8.72. The van der Waals surface area contributed by atoms with Crippen LogP contribution in [0.5, 0.6) is 17.2 Å². The molecule has 0 fully saturated rings. The molecule has 2 N–H and O–H groups in total.